The molecule has 0 aliphatic carbocycles. The van der Waals surface area contributed by atoms with E-state index < -0.39 is 5.25 Å². The van der Waals surface area contributed by atoms with E-state index in [0.717, 1.165) is 22.4 Å². The summed E-state index contributed by atoms with van der Waals surface area (Å²) in [6, 6.07) is 22.8. The molecule has 0 radical (unpaired) electrons. The molecule has 0 fully saturated rings. The topological polar surface area (TPSA) is 83.4 Å². The van der Waals surface area contributed by atoms with E-state index in [0.29, 0.717) is 28.0 Å². The molecule has 3 aromatic rings. The van der Waals surface area contributed by atoms with Crippen LogP contribution in [0.4, 0.5) is 5.69 Å². The number of anilines is 1. The number of amides is 2. The summed E-state index contributed by atoms with van der Waals surface area (Å²) in [5.41, 5.74) is 4.63. The van der Waals surface area contributed by atoms with E-state index in [2.05, 4.69) is 22.4 Å². The number of nitrogens with zero attached hydrogens (tertiary/aromatic N) is 3. The smallest absolute Gasteiger partial charge is 0.262 e. The van der Waals surface area contributed by atoms with E-state index in [1.54, 1.807) is 19.2 Å². The number of nitrogens with one attached hydrogen (secondary N) is 1. The number of carbonyl (C=O) groups is 2. The van der Waals surface area contributed by atoms with Gasteiger partial charge in [-0.3, -0.25) is 9.59 Å². The third-order valence-corrected chi connectivity index (χ3v) is 7.59. The van der Waals surface area contributed by atoms with Crippen molar-refractivity contribution < 1.29 is 14.3 Å². The van der Waals surface area contributed by atoms with E-state index in [1.165, 1.54) is 11.8 Å². The number of aliphatic imine (C=N–C) groups is 1. The summed E-state index contributed by atoms with van der Waals surface area (Å²) < 4.78 is 5.30. The Kier molecular flexibility index (Phi) is 7.30. The highest BCUT2D eigenvalue weighted by Gasteiger charge is 2.39. The largest absolute Gasteiger partial charge is 0.495 e. The minimum atomic E-state index is -0.627. The molecule has 7 nitrogen and oxygen atoms in total. The fourth-order valence-corrected chi connectivity index (χ4v) is 5.55. The second kappa shape index (κ2) is 10.8. The molecule has 2 aliphatic heterocycles. The second-order valence-electron chi connectivity index (χ2n) is 8.82. The fraction of sp³-hybridized carbons (Fsp3) is 0.214. The zero-order valence-electron chi connectivity index (χ0n) is 20.3. The first kappa shape index (κ1) is 25.0. The van der Waals surface area contributed by atoms with Crippen LogP contribution in [-0.2, 0) is 9.59 Å². The quantitative estimate of drug-likeness (QED) is 0.431. The molecule has 2 heterocycles. The van der Waals surface area contributed by atoms with Crippen molar-refractivity contribution in [2.75, 3.05) is 12.4 Å². The molecule has 9 heteroatoms. The summed E-state index contributed by atoms with van der Waals surface area (Å²) in [7, 11) is 1.54. The number of halogens is 1. The Morgan fingerprint density at radius 1 is 1.14 bits per heavy atom. The molecule has 0 saturated carbocycles. The lowest BCUT2D eigenvalue weighted by molar-refractivity contribution is -0.121. The number of rotatable bonds is 6. The molecule has 0 spiro atoms. The molecule has 3 aromatic carbocycles. The number of hydrazone groups is 1. The number of hydrogen-bond donors (Lipinski definition) is 1. The number of ether oxygens (including phenoxy) is 1. The normalized spacial score (nSPS) is 19.0. The Morgan fingerprint density at radius 3 is 2.68 bits per heavy atom. The second-order valence-corrected chi connectivity index (χ2v) is 10.4. The summed E-state index contributed by atoms with van der Waals surface area (Å²) in [6.45, 7) is 2.05. The van der Waals surface area contributed by atoms with Gasteiger partial charge >= 0.3 is 0 Å². The highest BCUT2D eigenvalue weighted by Crippen LogP contribution is 2.39. The van der Waals surface area contributed by atoms with Crippen LogP contribution in [0.25, 0.3) is 0 Å². The van der Waals surface area contributed by atoms with Crippen molar-refractivity contribution in [3.05, 3.63) is 94.5 Å². The SMILES string of the molecule is COc1ccccc1NC(=O)C[C@@H]1SC(N2N=C(c3ccc(Cl)cc3)C[C@@H]2c2cccc(C)c2)=NC1=O. The monoisotopic (exact) mass is 532 g/mol. The third-order valence-electron chi connectivity index (χ3n) is 6.19. The fourth-order valence-electron chi connectivity index (χ4n) is 4.36. The number of aryl methyl sites for hydroxylation is 1. The van der Waals surface area contributed by atoms with Crippen LogP contribution < -0.4 is 10.1 Å². The molecule has 2 aliphatic rings. The van der Waals surface area contributed by atoms with Gasteiger partial charge in [0, 0.05) is 17.9 Å². The lowest BCUT2D eigenvalue weighted by Crippen LogP contribution is -2.25. The number of carbonyl (C=O) groups excluding carboxylic acids is 2. The summed E-state index contributed by atoms with van der Waals surface area (Å²) in [6.07, 6.45) is 0.642. The van der Waals surface area contributed by atoms with Gasteiger partial charge < -0.3 is 10.1 Å². The average Bonchev–Trinajstić information content (AvgIpc) is 3.49. The molecule has 37 heavy (non-hydrogen) atoms. The van der Waals surface area contributed by atoms with E-state index in [-0.39, 0.29) is 24.3 Å². The number of para-hydroxylation sites is 2. The van der Waals surface area contributed by atoms with Gasteiger partial charge in [0.25, 0.3) is 5.91 Å². The van der Waals surface area contributed by atoms with Crippen molar-refractivity contribution in [2.45, 2.75) is 31.1 Å². The molecule has 5 rings (SSSR count). The minimum absolute atomic E-state index is 0.00867. The molecule has 0 unspecified atom stereocenters. The number of thioether (sulfide) groups is 1. The van der Waals surface area contributed by atoms with Crippen LogP contribution in [0.5, 0.6) is 5.75 Å². The van der Waals surface area contributed by atoms with Crippen molar-refractivity contribution in [3.8, 4) is 5.75 Å². The zero-order valence-corrected chi connectivity index (χ0v) is 21.9. The lowest BCUT2D eigenvalue weighted by atomic mass is 9.97. The zero-order chi connectivity index (χ0) is 25.9. The van der Waals surface area contributed by atoms with Crippen LogP contribution >= 0.6 is 23.4 Å². The van der Waals surface area contributed by atoms with Gasteiger partial charge in [-0.25, -0.2) is 5.01 Å². The van der Waals surface area contributed by atoms with Crippen molar-refractivity contribution in [2.24, 2.45) is 10.1 Å². The number of hydrogen-bond acceptors (Lipinski definition) is 6. The summed E-state index contributed by atoms with van der Waals surface area (Å²) in [5, 5.41) is 10.1. The molecule has 0 aromatic heterocycles. The molecule has 2 amide bonds. The minimum Gasteiger partial charge on any atom is -0.495 e. The summed E-state index contributed by atoms with van der Waals surface area (Å²) in [5.74, 6) is -0.0672. The molecule has 1 N–H and O–H groups in total. The first-order chi connectivity index (χ1) is 17.9. The van der Waals surface area contributed by atoms with Gasteiger partial charge in [0.1, 0.15) is 11.0 Å². The van der Waals surface area contributed by atoms with E-state index in [9.17, 15) is 9.59 Å². The van der Waals surface area contributed by atoms with Crippen LogP contribution in [0.3, 0.4) is 0 Å². The molecular formula is C28H25ClN4O3S. The summed E-state index contributed by atoms with van der Waals surface area (Å²) >= 11 is 7.36. The van der Waals surface area contributed by atoms with Gasteiger partial charge in [-0.15, -0.1) is 0 Å². The first-order valence-electron chi connectivity index (χ1n) is 11.8. The molecule has 188 valence electrons. The number of amidine groups is 1. The van der Waals surface area contributed by atoms with E-state index in [1.807, 2.05) is 60.5 Å². The number of benzene rings is 3. The maximum Gasteiger partial charge on any atom is 0.262 e. The van der Waals surface area contributed by atoms with Crippen LogP contribution in [0, 0.1) is 6.92 Å². The van der Waals surface area contributed by atoms with Gasteiger partial charge in [-0.1, -0.05) is 77.5 Å². The van der Waals surface area contributed by atoms with Gasteiger partial charge in [-0.2, -0.15) is 10.1 Å². The Bertz CT molecular complexity index is 1410. The number of methoxy groups -OCH3 is 1. The third kappa shape index (κ3) is 5.55. The Hall–Kier alpha value is -3.62. The van der Waals surface area contributed by atoms with Gasteiger partial charge in [0.2, 0.25) is 5.91 Å². The van der Waals surface area contributed by atoms with Gasteiger partial charge in [0.05, 0.1) is 24.6 Å². The predicted octanol–water partition coefficient (Wildman–Crippen LogP) is 5.83. The standard InChI is InChI=1S/C28H25ClN4O3S/c1-17-6-5-7-19(14-17)23-15-22(18-10-12-20(29)13-11-18)32-33(23)28-31-27(35)25(37-28)16-26(34)30-21-8-3-4-9-24(21)36-2/h3-14,23,25H,15-16H2,1-2H3,(H,30,34)/t23-,25+/m1/s1. The maximum absolute atomic E-state index is 12.8. The molecule has 0 saturated heterocycles. The highest BCUT2D eigenvalue weighted by molar-refractivity contribution is 8.15. The predicted molar refractivity (Wildman–Crippen MR) is 148 cm³/mol. The Morgan fingerprint density at radius 2 is 1.92 bits per heavy atom. The van der Waals surface area contributed by atoms with Crippen LogP contribution in [-0.4, -0.2) is 40.1 Å². The van der Waals surface area contributed by atoms with Crippen molar-refractivity contribution in [1.29, 1.82) is 0 Å². The highest BCUT2D eigenvalue weighted by atomic mass is 35.5. The lowest BCUT2D eigenvalue weighted by Gasteiger charge is -2.23. The summed E-state index contributed by atoms with van der Waals surface area (Å²) in [4.78, 5) is 29.9. The van der Waals surface area contributed by atoms with Crippen LogP contribution in [0.15, 0.2) is 82.9 Å². The maximum atomic E-state index is 12.8. The Labute approximate surface area is 224 Å². The van der Waals surface area contributed by atoms with Crippen molar-refractivity contribution >= 4 is 51.7 Å². The van der Waals surface area contributed by atoms with Gasteiger partial charge in [0.15, 0.2) is 5.17 Å². The van der Waals surface area contributed by atoms with Crippen LogP contribution in [0.2, 0.25) is 5.02 Å². The molecular weight excluding hydrogens is 508 g/mol. The van der Waals surface area contributed by atoms with E-state index in [4.69, 9.17) is 21.4 Å². The van der Waals surface area contributed by atoms with E-state index >= 15 is 0 Å². The molecule has 0 bridgehead atoms. The van der Waals surface area contributed by atoms with Crippen molar-refractivity contribution in [1.82, 2.24) is 5.01 Å². The Balaban J connectivity index is 1.35. The first-order valence-corrected chi connectivity index (χ1v) is 13.1. The molecule has 2 atom stereocenters. The average molecular weight is 533 g/mol. The van der Waals surface area contributed by atoms with Crippen LogP contribution in [0.1, 0.15) is 35.6 Å². The van der Waals surface area contributed by atoms with Gasteiger partial charge in [-0.05, 0) is 42.3 Å². The van der Waals surface area contributed by atoms with Crippen molar-refractivity contribution in [3.63, 3.8) is 0 Å².